The lowest BCUT2D eigenvalue weighted by molar-refractivity contribution is -0.0502. The Morgan fingerprint density at radius 2 is 2.00 bits per heavy atom. The number of likely N-dealkylation sites (tertiary alicyclic amines) is 1. The molecular weight excluding hydrogens is 388 g/mol. The van der Waals surface area contributed by atoms with Crippen molar-refractivity contribution in [2.24, 2.45) is 4.99 Å². The Hall–Kier alpha value is -2.57. The summed E-state index contributed by atoms with van der Waals surface area (Å²) in [6.45, 7) is 7.47. The first-order chi connectivity index (χ1) is 15.2. The van der Waals surface area contributed by atoms with Gasteiger partial charge < -0.3 is 19.7 Å². The number of nitrogens with zero attached hydrogens (tertiary/aromatic N) is 3. The van der Waals surface area contributed by atoms with Crippen LogP contribution in [0.3, 0.4) is 0 Å². The SMILES string of the molecule is CN=C(NCCc1ccc(C)c(OC)c1)N1CC2OCCN(Cc3ccccc3)C2C1. The van der Waals surface area contributed by atoms with Crippen molar-refractivity contribution in [3.05, 3.63) is 65.2 Å². The van der Waals surface area contributed by atoms with Crippen LogP contribution in [0.15, 0.2) is 53.5 Å². The molecule has 6 heteroatoms. The lowest BCUT2D eigenvalue weighted by atomic mass is 10.1. The molecule has 2 aliphatic rings. The van der Waals surface area contributed by atoms with Crippen LogP contribution in [0.25, 0.3) is 0 Å². The van der Waals surface area contributed by atoms with Gasteiger partial charge in [-0.15, -0.1) is 0 Å². The number of nitrogens with one attached hydrogen (secondary N) is 1. The summed E-state index contributed by atoms with van der Waals surface area (Å²) in [7, 11) is 3.59. The molecule has 2 atom stereocenters. The predicted molar refractivity (Wildman–Crippen MR) is 125 cm³/mol. The number of hydrogen-bond donors (Lipinski definition) is 1. The number of guanidine groups is 1. The van der Waals surface area contributed by atoms with Crippen molar-refractivity contribution in [3.8, 4) is 5.75 Å². The Labute approximate surface area is 185 Å². The normalized spacial score (nSPS) is 21.8. The van der Waals surface area contributed by atoms with Gasteiger partial charge in [-0.1, -0.05) is 42.5 Å². The molecule has 2 fully saturated rings. The highest BCUT2D eigenvalue weighted by Crippen LogP contribution is 2.25. The van der Waals surface area contributed by atoms with Crippen LogP contribution < -0.4 is 10.1 Å². The van der Waals surface area contributed by atoms with Gasteiger partial charge in [0.2, 0.25) is 0 Å². The Bertz CT molecular complexity index is 886. The smallest absolute Gasteiger partial charge is 0.193 e. The molecule has 0 spiro atoms. The van der Waals surface area contributed by atoms with Gasteiger partial charge in [-0.05, 0) is 36.1 Å². The molecular formula is C25H34N4O2. The van der Waals surface area contributed by atoms with Crippen molar-refractivity contribution in [1.29, 1.82) is 0 Å². The van der Waals surface area contributed by atoms with Crippen LogP contribution in [0.2, 0.25) is 0 Å². The molecule has 2 unspecified atom stereocenters. The van der Waals surface area contributed by atoms with Crippen LogP contribution >= 0.6 is 0 Å². The maximum absolute atomic E-state index is 6.13. The Morgan fingerprint density at radius 3 is 2.77 bits per heavy atom. The van der Waals surface area contributed by atoms with Crippen molar-refractivity contribution < 1.29 is 9.47 Å². The topological polar surface area (TPSA) is 49.3 Å². The van der Waals surface area contributed by atoms with E-state index in [9.17, 15) is 0 Å². The quantitative estimate of drug-likeness (QED) is 0.573. The number of ether oxygens (including phenoxy) is 2. The van der Waals surface area contributed by atoms with Crippen molar-refractivity contribution in [2.45, 2.75) is 32.0 Å². The van der Waals surface area contributed by atoms with Gasteiger partial charge in [0.25, 0.3) is 0 Å². The van der Waals surface area contributed by atoms with E-state index < -0.39 is 0 Å². The Morgan fingerprint density at radius 1 is 1.16 bits per heavy atom. The number of fused-ring (bicyclic) bond motifs is 1. The molecule has 4 rings (SSSR count). The molecule has 0 saturated carbocycles. The second-order valence-corrected chi connectivity index (χ2v) is 8.37. The lowest BCUT2D eigenvalue weighted by Gasteiger charge is -2.36. The minimum atomic E-state index is 0.234. The van der Waals surface area contributed by atoms with Crippen molar-refractivity contribution in [3.63, 3.8) is 0 Å². The molecule has 0 aromatic heterocycles. The van der Waals surface area contributed by atoms with Gasteiger partial charge in [0.05, 0.1) is 25.9 Å². The summed E-state index contributed by atoms with van der Waals surface area (Å²) >= 11 is 0. The van der Waals surface area contributed by atoms with Gasteiger partial charge in [0.1, 0.15) is 5.75 Å². The first kappa shape index (κ1) is 21.7. The number of morpholine rings is 1. The van der Waals surface area contributed by atoms with E-state index in [2.05, 4.69) is 75.6 Å². The monoisotopic (exact) mass is 422 g/mol. The highest BCUT2D eigenvalue weighted by Gasteiger charge is 2.41. The van der Waals surface area contributed by atoms with Gasteiger partial charge in [0.15, 0.2) is 5.96 Å². The molecule has 2 heterocycles. The van der Waals surface area contributed by atoms with Gasteiger partial charge >= 0.3 is 0 Å². The third-order valence-corrected chi connectivity index (χ3v) is 6.33. The summed E-state index contributed by atoms with van der Waals surface area (Å²) in [5.74, 6) is 1.90. The van der Waals surface area contributed by atoms with E-state index >= 15 is 0 Å². The summed E-state index contributed by atoms with van der Waals surface area (Å²) < 4.78 is 11.6. The summed E-state index contributed by atoms with van der Waals surface area (Å²) in [5, 5.41) is 3.55. The molecule has 2 aromatic carbocycles. The zero-order chi connectivity index (χ0) is 21.6. The maximum Gasteiger partial charge on any atom is 0.193 e. The summed E-state index contributed by atoms with van der Waals surface area (Å²) in [6, 6.07) is 17.5. The minimum Gasteiger partial charge on any atom is -0.496 e. The average molecular weight is 423 g/mol. The molecule has 2 aromatic rings. The summed E-state index contributed by atoms with van der Waals surface area (Å²) in [5.41, 5.74) is 3.78. The maximum atomic E-state index is 6.13. The lowest BCUT2D eigenvalue weighted by Crippen LogP contribution is -2.50. The molecule has 1 N–H and O–H groups in total. The van der Waals surface area contributed by atoms with Gasteiger partial charge in [-0.2, -0.15) is 0 Å². The Balaban J connectivity index is 1.33. The van der Waals surface area contributed by atoms with Gasteiger partial charge in [-0.25, -0.2) is 0 Å². The van der Waals surface area contributed by atoms with E-state index in [0.717, 1.165) is 63.0 Å². The fraction of sp³-hybridized carbons (Fsp3) is 0.480. The molecule has 2 saturated heterocycles. The van der Waals surface area contributed by atoms with Crippen molar-refractivity contribution in [1.82, 2.24) is 15.1 Å². The minimum absolute atomic E-state index is 0.234. The third kappa shape index (κ3) is 5.20. The number of aryl methyl sites for hydroxylation is 1. The molecule has 6 nitrogen and oxygen atoms in total. The van der Waals surface area contributed by atoms with E-state index in [-0.39, 0.29) is 6.10 Å². The molecule has 0 radical (unpaired) electrons. The predicted octanol–water partition coefficient (Wildman–Crippen LogP) is 2.71. The van der Waals surface area contributed by atoms with E-state index in [1.165, 1.54) is 11.1 Å². The zero-order valence-electron chi connectivity index (χ0n) is 18.9. The van der Waals surface area contributed by atoms with Crippen LogP contribution in [0, 0.1) is 6.92 Å². The fourth-order valence-corrected chi connectivity index (χ4v) is 4.62. The number of rotatable bonds is 6. The summed E-state index contributed by atoms with van der Waals surface area (Å²) in [4.78, 5) is 9.46. The molecule has 0 amide bonds. The average Bonchev–Trinajstić information content (AvgIpc) is 3.23. The standard InChI is InChI=1S/C25H34N4O2/c1-19-9-10-20(15-23(19)30-3)11-12-27-25(26-2)29-17-22-24(18-29)31-14-13-28(22)16-21-7-5-4-6-8-21/h4-10,15,22,24H,11-14,16-18H2,1-3H3,(H,26,27). The number of hydrogen-bond acceptors (Lipinski definition) is 4. The second kappa shape index (κ2) is 10.2. The zero-order valence-corrected chi connectivity index (χ0v) is 18.9. The molecule has 31 heavy (non-hydrogen) atoms. The third-order valence-electron chi connectivity index (χ3n) is 6.33. The number of benzene rings is 2. The first-order valence-corrected chi connectivity index (χ1v) is 11.2. The molecule has 2 aliphatic heterocycles. The Kier molecular flexibility index (Phi) is 7.10. The fourth-order valence-electron chi connectivity index (χ4n) is 4.62. The molecule has 166 valence electrons. The molecule has 0 bridgehead atoms. The van der Waals surface area contributed by atoms with E-state index in [0.29, 0.717) is 6.04 Å². The highest BCUT2D eigenvalue weighted by atomic mass is 16.5. The van der Waals surface area contributed by atoms with E-state index in [1.807, 2.05) is 7.05 Å². The van der Waals surface area contributed by atoms with Crippen molar-refractivity contribution >= 4 is 5.96 Å². The number of methoxy groups -OCH3 is 1. The van der Waals surface area contributed by atoms with Crippen LogP contribution in [-0.2, 0) is 17.7 Å². The summed E-state index contributed by atoms with van der Waals surface area (Å²) in [6.07, 6.45) is 1.16. The van der Waals surface area contributed by atoms with Crippen LogP contribution in [-0.4, -0.2) is 74.8 Å². The van der Waals surface area contributed by atoms with Gasteiger partial charge in [-0.3, -0.25) is 9.89 Å². The van der Waals surface area contributed by atoms with E-state index in [4.69, 9.17) is 9.47 Å². The number of aliphatic imine (C=N–C) groups is 1. The van der Waals surface area contributed by atoms with Crippen LogP contribution in [0.1, 0.15) is 16.7 Å². The second-order valence-electron chi connectivity index (χ2n) is 8.37. The largest absolute Gasteiger partial charge is 0.496 e. The highest BCUT2D eigenvalue weighted by molar-refractivity contribution is 5.80. The van der Waals surface area contributed by atoms with Gasteiger partial charge in [0, 0.05) is 39.8 Å². The van der Waals surface area contributed by atoms with Crippen molar-refractivity contribution in [2.75, 3.05) is 46.9 Å². The molecule has 0 aliphatic carbocycles. The van der Waals surface area contributed by atoms with E-state index in [1.54, 1.807) is 7.11 Å². The van der Waals surface area contributed by atoms with Crippen LogP contribution in [0.5, 0.6) is 5.75 Å². The first-order valence-electron chi connectivity index (χ1n) is 11.2. The van der Waals surface area contributed by atoms with Crippen LogP contribution in [0.4, 0.5) is 0 Å².